The van der Waals surface area contributed by atoms with Crippen molar-refractivity contribution >= 4 is 5.78 Å². The lowest BCUT2D eigenvalue weighted by molar-refractivity contribution is 0.0528. The molecule has 3 nitrogen and oxygen atoms in total. The van der Waals surface area contributed by atoms with Gasteiger partial charge in [0.05, 0.1) is 12.0 Å². The van der Waals surface area contributed by atoms with Crippen LogP contribution in [0.15, 0.2) is 18.2 Å². The number of carbonyl (C=O) groups is 1. The summed E-state index contributed by atoms with van der Waals surface area (Å²) >= 11 is 0. The molecule has 96 valence electrons. The number of carbonyl (C=O) groups excluding carboxylic acids is 1. The highest BCUT2D eigenvalue weighted by molar-refractivity contribution is 6.00. The van der Waals surface area contributed by atoms with Crippen molar-refractivity contribution in [1.29, 1.82) is 0 Å². The van der Waals surface area contributed by atoms with Gasteiger partial charge in [-0.3, -0.25) is 4.79 Å². The summed E-state index contributed by atoms with van der Waals surface area (Å²) in [6, 6.07) is 6.00. The molecule has 2 aliphatic heterocycles. The van der Waals surface area contributed by atoms with E-state index in [1.54, 1.807) is 0 Å². The molecule has 0 amide bonds. The molecule has 3 heteroatoms. The Bertz CT molecular complexity index is 487. The topological polar surface area (TPSA) is 38.3 Å². The third-order valence-electron chi connectivity index (χ3n) is 3.99. The summed E-state index contributed by atoms with van der Waals surface area (Å²) in [4.78, 5) is 12.2. The number of Topliss-reactive ketones (excluding diaryl/α,β-unsaturated/α-hetero) is 1. The normalized spacial score (nSPS) is 26.5. The molecule has 1 N–H and O–H groups in total. The highest BCUT2D eigenvalue weighted by Gasteiger charge is 2.42. The van der Waals surface area contributed by atoms with E-state index in [1.807, 2.05) is 18.2 Å². The predicted molar refractivity (Wildman–Crippen MR) is 70.3 cm³/mol. The minimum Gasteiger partial charge on any atom is -0.485 e. The number of hydrogen-bond donors (Lipinski definition) is 1. The minimum absolute atomic E-state index is 0.218. The molecule has 1 fully saturated rings. The van der Waals surface area contributed by atoms with Crippen LogP contribution in [0.5, 0.6) is 5.75 Å². The standard InChI is InChI=1S/C15H19NO2/c1-10(2)11-3-4-12-13(17)8-15(5-6-16-9-15)18-14(12)7-11/h3-4,7,10,16H,5-6,8-9H2,1-2H3. The molecular weight excluding hydrogens is 226 g/mol. The third kappa shape index (κ3) is 1.83. The largest absolute Gasteiger partial charge is 0.485 e. The first kappa shape index (κ1) is 11.7. The number of benzene rings is 1. The summed E-state index contributed by atoms with van der Waals surface area (Å²) in [6.07, 6.45) is 1.43. The van der Waals surface area contributed by atoms with E-state index in [9.17, 15) is 4.79 Å². The van der Waals surface area contributed by atoms with Crippen molar-refractivity contribution in [2.24, 2.45) is 0 Å². The van der Waals surface area contributed by atoms with E-state index >= 15 is 0 Å². The Labute approximate surface area is 108 Å². The van der Waals surface area contributed by atoms with Gasteiger partial charge in [0.1, 0.15) is 11.4 Å². The molecule has 3 rings (SSSR count). The molecule has 0 aromatic heterocycles. The van der Waals surface area contributed by atoms with Crippen LogP contribution < -0.4 is 10.1 Å². The Morgan fingerprint density at radius 2 is 2.22 bits per heavy atom. The summed E-state index contributed by atoms with van der Waals surface area (Å²) in [5, 5.41) is 3.29. The lowest BCUT2D eigenvalue weighted by atomic mass is 9.88. The summed E-state index contributed by atoms with van der Waals surface area (Å²) < 4.78 is 6.16. The molecular formula is C15H19NO2. The van der Waals surface area contributed by atoms with Crippen LogP contribution in [0.25, 0.3) is 0 Å². The predicted octanol–water partition coefficient (Wildman–Crippen LogP) is 2.51. The van der Waals surface area contributed by atoms with Gasteiger partial charge in [-0.25, -0.2) is 0 Å². The molecule has 1 aromatic rings. The maximum absolute atomic E-state index is 12.2. The fourth-order valence-corrected chi connectivity index (χ4v) is 2.83. The number of nitrogens with one attached hydrogen (secondary N) is 1. The lowest BCUT2D eigenvalue weighted by Crippen LogP contribution is -2.43. The third-order valence-corrected chi connectivity index (χ3v) is 3.99. The van der Waals surface area contributed by atoms with Crippen LogP contribution in [0, 0.1) is 0 Å². The van der Waals surface area contributed by atoms with E-state index in [1.165, 1.54) is 5.56 Å². The van der Waals surface area contributed by atoms with E-state index in [0.717, 1.165) is 30.8 Å². The second kappa shape index (κ2) is 4.09. The molecule has 1 saturated heterocycles. The summed E-state index contributed by atoms with van der Waals surface area (Å²) in [5.41, 5.74) is 1.68. The number of fused-ring (bicyclic) bond motifs is 1. The Morgan fingerprint density at radius 1 is 1.39 bits per heavy atom. The Morgan fingerprint density at radius 3 is 2.89 bits per heavy atom. The monoisotopic (exact) mass is 245 g/mol. The van der Waals surface area contributed by atoms with Gasteiger partial charge in [-0.1, -0.05) is 19.9 Å². The van der Waals surface area contributed by atoms with Crippen LogP contribution in [-0.2, 0) is 0 Å². The zero-order chi connectivity index (χ0) is 12.8. The van der Waals surface area contributed by atoms with Crippen molar-refractivity contribution in [2.45, 2.75) is 38.2 Å². The highest BCUT2D eigenvalue weighted by Crippen LogP contribution is 2.37. The van der Waals surface area contributed by atoms with Crippen molar-refractivity contribution in [2.75, 3.05) is 13.1 Å². The van der Waals surface area contributed by atoms with Gasteiger partial charge in [0, 0.05) is 13.0 Å². The first-order valence-corrected chi connectivity index (χ1v) is 6.67. The van der Waals surface area contributed by atoms with Gasteiger partial charge in [0.25, 0.3) is 0 Å². The maximum atomic E-state index is 12.2. The molecule has 2 aliphatic rings. The molecule has 1 unspecified atom stereocenters. The summed E-state index contributed by atoms with van der Waals surface area (Å²) in [6.45, 7) is 6.02. The second-order valence-electron chi connectivity index (χ2n) is 5.72. The number of hydrogen-bond acceptors (Lipinski definition) is 3. The van der Waals surface area contributed by atoms with Crippen LogP contribution in [-0.4, -0.2) is 24.5 Å². The summed E-state index contributed by atoms with van der Waals surface area (Å²) in [7, 11) is 0. The molecule has 0 aliphatic carbocycles. The first-order valence-electron chi connectivity index (χ1n) is 6.67. The Kier molecular flexibility index (Phi) is 2.67. The quantitative estimate of drug-likeness (QED) is 0.826. The highest BCUT2D eigenvalue weighted by atomic mass is 16.5. The van der Waals surface area contributed by atoms with Crippen LogP contribution >= 0.6 is 0 Å². The molecule has 2 heterocycles. The molecule has 0 radical (unpaired) electrons. The first-order chi connectivity index (χ1) is 8.60. The average molecular weight is 245 g/mol. The molecule has 1 atom stereocenters. The maximum Gasteiger partial charge on any atom is 0.170 e. The fraction of sp³-hybridized carbons (Fsp3) is 0.533. The van der Waals surface area contributed by atoms with Crippen molar-refractivity contribution < 1.29 is 9.53 Å². The number of rotatable bonds is 1. The van der Waals surface area contributed by atoms with Crippen LogP contribution in [0.2, 0.25) is 0 Å². The van der Waals surface area contributed by atoms with Crippen molar-refractivity contribution in [3.05, 3.63) is 29.3 Å². The van der Waals surface area contributed by atoms with Gasteiger partial charge in [-0.15, -0.1) is 0 Å². The number of ketones is 1. The molecule has 1 spiro atoms. The van der Waals surface area contributed by atoms with Crippen LogP contribution in [0.1, 0.15) is 48.5 Å². The molecule has 0 saturated carbocycles. The Balaban J connectivity index is 2.00. The van der Waals surface area contributed by atoms with E-state index in [4.69, 9.17) is 4.74 Å². The lowest BCUT2D eigenvalue weighted by Gasteiger charge is -2.34. The molecule has 1 aromatic carbocycles. The van der Waals surface area contributed by atoms with Crippen molar-refractivity contribution in [3.63, 3.8) is 0 Å². The molecule has 0 bridgehead atoms. The van der Waals surface area contributed by atoms with Gasteiger partial charge >= 0.3 is 0 Å². The van der Waals surface area contributed by atoms with E-state index in [2.05, 4.69) is 19.2 Å². The SMILES string of the molecule is CC(C)c1ccc2c(c1)OC1(CCNC1)CC2=O. The van der Waals surface area contributed by atoms with E-state index in [0.29, 0.717) is 12.3 Å². The van der Waals surface area contributed by atoms with E-state index in [-0.39, 0.29) is 11.4 Å². The zero-order valence-corrected chi connectivity index (χ0v) is 11.0. The van der Waals surface area contributed by atoms with Crippen molar-refractivity contribution in [1.82, 2.24) is 5.32 Å². The zero-order valence-electron chi connectivity index (χ0n) is 11.0. The number of ether oxygens (including phenoxy) is 1. The van der Waals surface area contributed by atoms with Crippen LogP contribution in [0.4, 0.5) is 0 Å². The fourth-order valence-electron chi connectivity index (χ4n) is 2.83. The van der Waals surface area contributed by atoms with Gasteiger partial charge < -0.3 is 10.1 Å². The van der Waals surface area contributed by atoms with Crippen LogP contribution in [0.3, 0.4) is 0 Å². The minimum atomic E-state index is -0.292. The molecule has 18 heavy (non-hydrogen) atoms. The second-order valence-corrected chi connectivity index (χ2v) is 5.72. The van der Waals surface area contributed by atoms with E-state index < -0.39 is 0 Å². The Hall–Kier alpha value is -1.35. The summed E-state index contributed by atoms with van der Waals surface area (Å²) in [5.74, 6) is 1.45. The van der Waals surface area contributed by atoms with Gasteiger partial charge in [-0.05, 0) is 30.2 Å². The smallest absolute Gasteiger partial charge is 0.170 e. The average Bonchev–Trinajstić information content (AvgIpc) is 2.76. The van der Waals surface area contributed by atoms with Gasteiger partial charge in [-0.2, -0.15) is 0 Å². The van der Waals surface area contributed by atoms with Crippen molar-refractivity contribution in [3.8, 4) is 5.75 Å². The van der Waals surface area contributed by atoms with Gasteiger partial charge in [0.15, 0.2) is 5.78 Å². The van der Waals surface area contributed by atoms with Gasteiger partial charge in [0.2, 0.25) is 0 Å².